The molecule has 0 unspecified atom stereocenters. The number of sulfone groups is 1. The lowest BCUT2D eigenvalue weighted by molar-refractivity contribution is -0.126. The Bertz CT molecular complexity index is 689. The minimum Gasteiger partial charge on any atom is -0.492 e. The first-order chi connectivity index (χ1) is 10.4. The van der Waals surface area contributed by atoms with Crippen molar-refractivity contribution in [1.82, 2.24) is 5.32 Å². The molecule has 0 spiro atoms. The quantitative estimate of drug-likeness (QED) is 0.901. The topological polar surface area (TPSA) is 72.5 Å². The van der Waals surface area contributed by atoms with Crippen molar-refractivity contribution in [2.24, 2.45) is 11.8 Å². The molecule has 2 aliphatic rings. The molecule has 3 rings (SSSR count). The Labute approximate surface area is 134 Å². The van der Waals surface area contributed by atoms with Gasteiger partial charge in [-0.1, -0.05) is 11.6 Å². The zero-order valence-electron chi connectivity index (χ0n) is 12.0. The first-order valence-electron chi connectivity index (χ1n) is 7.32. The fraction of sp³-hybridized carbons (Fsp3) is 0.533. The Morgan fingerprint density at radius 1 is 1.41 bits per heavy atom. The summed E-state index contributed by atoms with van der Waals surface area (Å²) in [7, 11) is -2.90. The molecule has 1 aromatic rings. The second-order valence-electron chi connectivity index (χ2n) is 5.98. The minimum atomic E-state index is -2.90. The number of halogens is 1. The molecule has 1 aromatic carbocycles. The van der Waals surface area contributed by atoms with Crippen LogP contribution in [0.4, 0.5) is 0 Å². The highest BCUT2D eigenvalue weighted by molar-refractivity contribution is 7.91. The lowest BCUT2D eigenvalue weighted by Crippen LogP contribution is -2.39. The van der Waals surface area contributed by atoms with Crippen LogP contribution in [0.2, 0.25) is 5.02 Å². The smallest absolute Gasteiger partial charge is 0.226 e. The van der Waals surface area contributed by atoms with Crippen molar-refractivity contribution in [2.75, 3.05) is 24.7 Å². The Morgan fingerprint density at radius 2 is 2.23 bits per heavy atom. The van der Waals surface area contributed by atoms with Gasteiger partial charge in [-0.3, -0.25) is 4.79 Å². The number of amides is 1. The van der Waals surface area contributed by atoms with Gasteiger partial charge in [0.05, 0.1) is 17.4 Å². The van der Waals surface area contributed by atoms with Crippen LogP contribution in [0.15, 0.2) is 18.2 Å². The van der Waals surface area contributed by atoms with E-state index in [0.29, 0.717) is 31.0 Å². The van der Waals surface area contributed by atoms with E-state index in [1.165, 1.54) is 0 Å². The molecule has 7 heteroatoms. The van der Waals surface area contributed by atoms with Crippen molar-refractivity contribution in [1.29, 1.82) is 0 Å². The number of carbonyl (C=O) groups excluding carboxylic acids is 1. The van der Waals surface area contributed by atoms with Gasteiger partial charge >= 0.3 is 0 Å². The van der Waals surface area contributed by atoms with Gasteiger partial charge in [0.1, 0.15) is 12.4 Å². The maximum Gasteiger partial charge on any atom is 0.226 e. The summed E-state index contributed by atoms with van der Waals surface area (Å²) in [5.41, 5.74) is 0.933. The molecule has 0 radical (unpaired) electrons. The number of benzene rings is 1. The summed E-state index contributed by atoms with van der Waals surface area (Å²) in [6.07, 6.45) is 1.22. The van der Waals surface area contributed by atoms with Crippen molar-refractivity contribution in [3.05, 3.63) is 28.8 Å². The van der Waals surface area contributed by atoms with Crippen LogP contribution in [0.5, 0.6) is 5.75 Å². The fourth-order valence-electron chi connectivity index (χ4n) is 2.95. The highest BCUT2D eigenvalue weighted by atomic mass is 35.5. The highest BCUT2D eigenvalue weighted by Gasteiger charge is 2.30. The third kappa shape index (κ3) is 3.55. The van der Waals surface area contributed by atoms with Crippen LogP contribution in [0.3, 0.4) is 0 Å². The van der Waals surface area contributed by atoms with Gasteiger partial charge in [0.15, 0.2) is 9.84 Å². The van der Waals surface area contributed by atoms with Crippen molar-refractivity contribution < 1.29 is 17.9 Å². The van der Waals surface area contributed by atoms with E-state index >= 15 is 0 Å². The molecule has 0 saturated carbocycles. The van der Waals surface area contributed by atoms with E-state index in [2.05, 4.69) is 5.32 Å². The number of hydrogen-bond acceptors (Lipinski definition) is 4. The molecule has 1 amide bonds. The molecule has 1 saturated heterocycles. The van der Waals surface area contributed by atoms with Gasteiger partial charge in [0, 0.05) is 11.6 Å². The third-order valence-electron chi connectivity index (χ3n) is 4.19. The Balaban J connectivity index is 1.55. The van der Waals surface area contributed by atoms with E-state index in [-0.39, 0.29) is 29.2 Å². The maximum atomic E-state index is 12.2. The van der Waals surface area contributed by atoms with E-state index in [0.717, 1.165) is 11.3 Å². The predicted octanol–water partition coefficient (Wildman–Crippen LogP) is 1.44. The van der Waals surface area contributed by atoms with E-state index in [4.69, 9.17) is 16.3 Å². The zero-order chi connectivity index (χ0) is 15.7. The normalized spacial score (nSPS) is 26.0. The summed E-state index contributed by atoms with van der Waals surface area (Å²) in [6, 6.07) is 5.40. The van der Waals surface area contributed by atoms with Crippen LogP contribution in [0.1, 0.15) is 12.0 Å². The molecule has 1 N–H and O–H groups in total. The number of nitrogens with one attached hydrogen (secondary N) is 1. The van der Waals surface area contributed by atoms with Gasteiger partial charge in [-0.2, -0.15) is 0 Å². The number of fused-ring (bicyclic) bond motifs is 1. The largest absolute Gasteiger partial charge is 0.492 e. The standard InChI is InChI=1S/C15H18ClNO4S/c16-13-1-2-14-11(6-13)5-12(8-21-14)15(18)17-7-10-3-4-22(19,20)9-10/h1-2,6,10,12H,3-5,7-9H2,(H,17,18)/t10-,12-/m0/s1. The van der Waals surface area contributed by atoms with Crippen LogP contribution in [0, 0.1) is 11.8 Å². The molecular formula is C15H18ClNO4S. The van der Waals surface area contributed by atoms with Gasteiger partial charge in [-0.05, 0) is 42.5 Å². The summed E-state index contributed by atoms with van der Waals surface area (Å²) in [4.78, 5) is 12.2. The second kappa shape index (κ2) is 6.08. The van der Waals surface area contributed by atoms with Crippen LogP contribution < -0.4 is 10.1 Å². The van der Waals surface area contributed by atoms with Gasteiger partial charge in [-0.25, -0.2) is 8.42 Å². The first-order valence-corrected chi connectivity index (χ1v) is 9.52. The molecule has 2 heterocycles. The summed E-state index contributed by atoms with van der Waals surface area (Å²) in [5, 5.41) is 3.49. The number of ether oxygens (including phenoxy) is 1. The van der Waals surface area contributed by atoms with Crippen molar-refractivity contribution >= 4 is 27.3 Å². The van der Waals surface area contributed by atoms with Crippen molar-refractivity contribution in [2.45, 2.75) is 12.8 Å². The lowest BCUT2D eigenvalue weighted by atomic mass is 9.96. The molecule has 5 nitrogen and oxygen atoms in total. The first kappa shape index (κ1) is 15.6. The third-order valence-corrected chi connectivity index (χ3v) is 6.26. The predicted molar refractivity (Wildman–Crippen MR) is 83.9 cm³/mol. The van der Waals surface area contributed by atoms with Crippen LogP contribution in [-0.2, 0) is 21.1 Å². The van der Waals surface area contributed by atoms with E-state index in [1.807, 2.05) is 12.1 Å². The molecule has 0 aliphatic carbocycles. The van der Waals surface area contributed by atoms with Gasteiger partial charge in [-0.15, -0.1) is 0 Å². The molecule has 2 aliphatic heterocycles. The SMILES string of the molecule is O=C(NC[C@@H]1CCS(=O)(=O)C1)[C@@H]1COc2ccc(Cl)cc2C1. The summed E-state index contributed by atoms with van der Waals surface area (Å²) in [5.74, 6) is 0.855. The summed E-state index contributed by atoms with van der Waals surface area (Å²) in [6.45, 7) is 0.750. The Morgan fingerprint density at radius 3 is 2.95 bits per heavy atom. The Hall–Kier alpha value is -1.27. The fourth-order valence-corrected chi connectivity index (χ4v) is 5.01. The minimum absolute atomic E-state index is 0.0280. The zero-order valence-corrected chi connectivity index (χ0v) is 13.6. The molecule has 120 valence electrons. The van der Waals surface area contributed by atoms with Crippen LogP contribution in [0.25, 0.3) is 0 Å². The monoisotopic (exact) mass is 343 g/mol. The van der Waals surface area contributed by atoms with Crippen LogP contribution >= 0.6 is 11.6 Å². The average molecular weight is 344 g/mol. The number of carbonyl (C=O) groups is 1. The summed E-state index contributed by atoms with van der Waals surface area (Å²) < 4.78 is 28.4. The Kier molecular flexibility index (Phi) is 4.32. The lowest BCUT2D eigenvalue weighted by Gasteiger charge is -2.25. The molecule has 22 heavy (non-hydrogen) atoms. The van der Waals surface area contributed by atoms with Crippen molar-refractivity contribution in [3.8, 4) is 5.75 Å². The highest BCUT2D eigenvalue weighted by Crippen LogP contribution is 2.29. The van der Waals surface area contributed by atoms with E-state index in [1.54, 1.807) is 6.07 Å². The summed E-state index contributed by atoms with van der Waals surface area (Å²) >= 11 is 5.96. The molecule has 2 atom stereocenters. The average Bonchev–Trinajstić information content (AvgIpc) is 2.83. The van der Waals surface area contributed by atoms with E-state index < -0.39 is 9.84 Å². The molecule has 0 aromatic heterocycles. The number of rotatable bonds is 3. The van der Waals surface area contributed by atoms with Crippen LogP contribution in [-0.4, -0.2) is 39.0 Å². The van der Waals surface area contributed by atoms with Gasteiger partial charge in [0.2, 0.25) is 5.91 Å². The van der Waals surface area contributed by atoms with Gasteiger partial charge < -0.3 is 10.1 Å². The molecular weight excluding hydrogens is 326 g/mol. The number of hydrogen-bond donors (Lipinski definition) is 1. The maximum absolute atomic E-state index is 12.2. The van der Waals surface area contributed by atoms with Gasteiger partial charge in [0.25, 0.3) is 0 Å². The van der Waals surface area contributed by atoms with Crippen molar-refractivity contribution in [3.63, 3.8) is 0 Å². The van der Waals surface area contributed by atoms with E-state index in [9.17, 15) is 13.2 Å². The second-order valence-corrected chi connectivity index (χ2v) is 8.64. The molecule has 0 bridgehead atoms. The molecule has 1 fully saturated rings.